The molecule has 13 heavy (non-hydrogen) atoms. The third kappa shape index (κ3) is 1.21. The van der Waals surface area contributed by atoms with E-state index in [4.69, 9.17) is 5.73 Å². The quantitative estimate of drug-likeness (QED) is 0.767. The summed E-state index contributed by atoms with van der Waals surface area (Å²) in [5.41, 5.74) is 8.04. The van der Waals surface area contributed by atoms with Gasteiger partial charge in [0, 0.05) is 16.9 Å². The highest BCUT2D eigenvalue weighted by molar-refractivity contribution is 9.10. The van der Waals surface area contributed by atoms with Crippen molar-refractivity contribution in [1.82, 2.24) is 9.78 Å². The normalized spacial score (nSPS) is 11.0. The summed E-state index contributed by atoms with van der Waals surface area (Å²) in [5, 5.41) is 5.17. The molecule has 0 saturated carbocycles. The van der Waals surface area contributed by atoms with E-state index in [1.807, 2.05) is 24.7 Å². The Kier molecular flexibility index (Phi) is 1.80. The van der Waals surface area contributed by atoms with Crippen molar-refractivity contribution in [3.05, 3.63) is 22.2 Å². The maximum atomic E-state index is 5.76. The number of hydrogen-bond acceptors (Lipinski definition) is 2. The summed E-state index contributed by atoms with van der Waals surface area (Å²) in [6.45, 7) is 2.05. The van der Waals surface area contributed by atoms with Gasteiger partial charge in [-0.15, -0.1) is 0 Å². The fourth-order valence-electron chi connectivity index (χ4n) is 1.63. The van der Waals surface area contributed by atoms with Crippen molar-refractivity contribution in [3.8, 4) is 0 Å². The number of anilines is 1. The van der Waals surface area contributed by atoms with Gasteiger partial charge in [-0.3, -0.25) is 4.68 Å². The third-order valence-electron chi connectivity index (χ3n) is 2.12. The Bertz CT molecular complexity index is 473. The summed E-state index contributed by atoms with van der Waals surface area (Å²) in [6.07, 6.45) is 0. The summed E-state index contributed by atoms with van der Waals surface area (Å²) in [6, 6.07) is 4.05. The first-order valence-electron chi connectivity index (χ1n) is 3.98. The molecule has 3 nitrogen and oxygen atoms in total. The van der Waals surface area contributed by atoms with Gasteiger partial charge in [-0.25, -0.2) is 0 Å². The highest BCUT2D eigenvalue weighted by Gasteiger charge is 2.08. The first-order chi connectivity index (χ1) is 6.09. The van der Waals surface area contributed by atoms with E-state index in [0.29, 0.717) is 5.82 Å². The maximum Gasteiger partial charge on any atom is 0.153 e. The van der Waals surface area contributed by atoms with Gasteiger partial charge in [0.1, 0.15) is 0 Å². The molecule has 0 saturated heterocycles. The van der Waals surface area contributed by atoms with Crippen LogP contribution in [0.4, 0.5) is 5.82 Å². The first kappa shape index (κ1) is 8.56. The van der Waals surface area contributed by atoms with Crippen molar-refractivity contribution in [1.29, 1.82) is 0 Å². The molecule has 1 aromatic carbocycles. The molecule has 0 aliphatic heterocycles. The van der Waals surface area contributed by atoms with Crippen LogP contribution in [-0.4, -0.2) is 9.78 Å². The minimum absolute atomic E-state index is 0.585. The molecule has 0 atom stereocenters. The van der Waals surface area contributed by atoms with Crippen molar-refractivity contribution in [2.45, 2.75) is 6.92 Å². The summed E-state index contributed by atoms with van der Waals surface area (Å²) in [5.74, 6) is 0.585. The second-order valence-corrected chi connectivity index (χ2v) is 4.04. The highest BCUT2D eigenvalue weighted by atomic mass is 79.9. The molecule has 4 heteroatoms. The van der Waals surface area contributed by atoms with Gasteiger partial charge in [0.05, 0.1) is 5.52 Å². The molecule has 1 heterocycles. The fourth-order valence-corrected chi connectivity index (χ4v) is 2.20. The predicted molar refractivity (Wildman–Crippen MR) is 57.6 cm³/mol. The molecule has 0 aliphatic rings. The Morgan fingerprint density at radius 2 is 2.15 bits per heavy atom. The van der Waals surface area contributed by atoms with E-state index in [2.05, 4.69) is 27.1 Å². The van der Waals surface area contributed by atoms with Crippen LogP contribution in [0.5, 0.6) is 0 Å². The van der Waals surface area contributed by atoms with Gasteiger partial charge in [-0.1, -0.05) is 15.9 Å². The lowest BCUT2D eigenvalue weighted by atomic mass is 10.1. The second-order valence-electron chi connectivity index (χ2n) is 3.13. The molecule has 0 bridgehead atoms. The monoisotopic (exact) mass is 239 g/mol. The summed E-state index contributed by atoms with van der Waals surface area (Å²) in [7, 11) is 1.90. The molecule has 2 N–H and O–H groups in total. The zero-order chi connectivity index (χ0) is 9.59. The van der Waals surface area contributed by atoms with Crippen LogP contribution >= 0.6 is 15.9 Å². The molecule has 0 unspecified atom stereocenters. The number of fused-ring (bicyclic) bond motifs is 1. The topological polar surface area (TPSA) is 43.8 Å². The fraction of sp³-hybridized carbons (Fsp3) is 0.222. The average Bonchev–Trinajstić information content (AvgIpc) is 2.27. The average molecular weight is 240 g/mol. The number of nitrogens with two attached hydrogens (primary N) is 1. The number of aryl methyl sites for hydroxylation is 2. The van der Waals surface area contributed by atoms with Crippen LogP contribution in [0.1, 0.15) is 5.56 Å². The van der Waals surface area contributed by atoms with Gasteiger partial charge in [0.25, 0.3) is 0 Å². The zero-order valence-corrected chi connectivity index (χ0v) is 9.09. The van der Waals surface area contributed by atoms with Crippen LogP contribution in [0.25, 0.3) is 10.9 Å². The molecule has 1 aromatic heterocycles. The van der Waals surface area contributed by atoms with Gasteiger partial charge in [-0.2, -0.15) is 5.10 Å². The van der Waals surface area contributed by atoms with Gasteiger partial charge in [-0.05, 0) is 24.6 Å². The molecule has 2 rings (SSSR count). The molecular formula is C9H10BrN3. The number of halogens is 1. The molecule has 2 aromatic rings. The van der Waals surface area contributed by atoms with Gasteiger partial charge in [0.15, 0.2) is 5.82 Å². The number of rotatable bonds is 0. The predicted octanol–water partition coefficient (Wildman–Crippen LogP) is 2.23. The SMILES string of the molecule is Cc1cc(Br)cc2c(N)nn(C)c12. The third-order valence-corrected chi connectivity index (χ3v) is 2.58. The maximum absolute atomic E-state index is 5.76. The van der Waals surface area contributed by atoms with E-state index < -0.39 is 0 Å². The van der Waals surface area contributed by atoms with Crippen molar-refractivity contribution in [2.75, 3.05) is 5.73 Å². The van der Waals surface area contributed by atoms with Crippen LogP contribution in [0.2, 0.25) is 0 Å². The van der Waals surface area contributed by atoms with Crippen molar-refractivity contribution in [2.24, 2.45) is 7.05 Å². The van der Waals surface area contributed by atoms with Crippen LogP contribution in [0, 0.1) is 6.92 Å². The molecule has 0 fully saturated rings. The van der Waals surface area contributed by atoms with Crippen molar-refractivity contribution >= 4 is 32.7 Å². The van der Waals surface area contributed by atoms with Crippen molar-refractivity contribution < 1.29 is 0 Å². The molecule has 0 radical (unpaired) electrons. The Morgan fingerprint density at radius 1 is 1.46 bits per heavy atom. The lowest BCUT2D eigenvalue weighted by molar-refractivity contribution is 0.799. The van der Waals surface area contributed by atoms with E-state index in [0.717, 1.165) is 15.4 Å². The number of benzene rings is 1. The van der Waals surface area contributed by atoms with Gasteiger partial charge >= 0.3 is 0 Å². The van der Waals surface area contributed by atoms with E-state index in [1.165, 1.54) is 5.56 Å². The number of nitrogens with zero attached hydrogens (tertiary/aromatic N) is 2. The molecule has 68 valence electrons. The van der Waals surface area contributed by atoms with E-state index in [9.17, 15) is 0 Å². The molecular weight excluding hydrogens is 230 g/mol. The highest BCUT2D eigenvalue weighted by Crippen LogP contribution is 2.27. The van der Waals surface area contributed by atoms with Crippen LogP contribution in [0.3, 0.4) is 0 Å². The summed E-state index contributed by atoms with van der Waals surface area (Å²) < 4.78 is 2.85. The first-order valence-corrected chi connectivity index (χ1v) is 4.77. The number of aromatic nitrogens is 2. The Labute approximate surface area is 84.7 Å². The lowest BCUT2D eigenvalue weighted by Gasteiger charge is -1.99. The van der Waals surface area contributed by atoms with E-state index >= 15 is 0 Å². The lowest BCUT2D eigenvalue weighted by Crippen LogP contribution is -1.92. The minimum Gasteiger partial charge on any atom is -0.382 e. The van der Waals surface area contributed by atoms with Gasteiger partial charge < -0.3 is 5.73 Å². The van der Waals surface area contributed by atoms with E-state index in [1.54, 1.807) is 0 Å². The van der Waals surface area contributed by atoms with Crippen LogP contribution in [0.15, 0.2) is 16.6 Å². The Balaban J connectivity index is 2.97. The zero-order valence-electron chi connectivity index (χ0n) is 7.50. The largest absolute Gasteiger partial charge is 0.382 e. The molecule has 0 spiro atoms. The summed E-state index contributed by atoms with van der Waals surface area (Å²) >= 11 is 3.43. The molecule has 0 aliphatic carbocycles. The van der Waals surface area contributed by atoms with Gasteiger partial charge in [0.2, 0.25) is 0 Å². The standard InChI is InChI=1S/C9H10BrN3/c1-5-3-6(10)4-7-8(5)13(2)12-9(7)11/h3-4H,1-2H3,(H2,11,12). The Hall–Kier alpha value is -1.03. The van der Waals surface area contributed by atoms with Crippen LogP contribution < -0.4 is 5.73 Å². The van der Waals surface area contributed by atoms with Crippen LogP contribution in [-0.2, 0) is 7.05 Å². The number of nitrogen functional groups attached to an aromatic ring is 1. The van der Waals surface area contributed by atoms with Crippen molar-refractivity contribution in [3.63, 3.8) is 0 Å². The molecule has 0 amide bonds. The Morgan fingerprint density at radius 3 is 2.85 bits per heavy atom. The smallest absolute Gasteiger partial charge is 0.153 e. The summed E-state index contributed by atoms with van der Waals surface area (Å²) in [4.78, 5) is 0. The second kappa shape index (κ2) is 2.73. The minimum atomic E-state index is 0.585. The van der Waals surface area contributed by atoms with E-state index in [-0.39, 0.29) is 0 Å². The number of hydrogen-bond donors (Lipinski definition) is 1.